The van der Waals surface area contributed by atoms with Gasteiger partial charge in [-0.25, -0.2) is 4.79 Å². The van der Waals surface area contributed by atoms with Crippen LogP contribution in [0.3, 0.4) is 0 Å². The van der Waals surface area contributed by atoms with Gasteiger partial charge in [0, 0.05) is 25.8 Å². The van der Waals surface area contributed by atoms with Crippen molar-refractivity contribution in [3.05, 3.63) is 29.8 Å². The molecule has 0 spiro atoms. The molecule has 1 aromatic carbocycles. The van der Waals surface area contributed by atoms with Crippen molar-refractivity contribution in [1.29, 1.82) is 0 Å². The number of hydrogen-bond donors (Lipinski definition) is 3. The molecule has 2 rings (SSSR count). The molecule has 1 amide bonds. The van der Waals surface area contributed by atoms with Crippen molar-refractivity contribution < 1.29 is 9.53 Å². The Labute approximate surface area is 173 Å². The number of carbonyl (C=O) groups is 1. The molecule has 0 saturated heterocycles. The van der Waals surface area contributed by atoms with Gasteiger partial charge < -0.3 is 15.4 Å². The second-order valence-corrected chi connectivity index (χ2v) is 6.46. The molecule has 0 heterocycles. The van der Waals surface area contributed by atoms with Crippen molar-refractivity contribution in [1.82, 2.24) is 10.6 Å². The van der Waals surface area contributed by atoms with Gasteiger partial charge in [0.1, 0.15) is 0 Å². The number of carbonyl (C=O) groups excluding carboxylic acids is 1. The lowest BCUT2D eigenvalue weighted by Gasteiger charge is -2.13. The molecule has 3 N–H and O–H groups in total. The molecule has 6 nitrogen and oxygen atoms in total. The maximum Gasteiger partial charge on any atom is 0.411 e. The summed E-state index contributed by atoms with van der Waals surface area (Å²) in [7, 11) is 3.13. The third kappa shape index (κ3) is 8.25. The zero-order chi connectivity index (χ0) is 17.9. The van der Waals surface area contributed by atoms with E-state index in [9.17, 15) is 4.79 Å². The van der Waals surface area contributed by atoms with E-state index in [4.69, 9.17) is 0 Å². The first-order valence-corrected chi connectivity index (χ1v) is 9.09. The summed E-state index contributed by atoms with van der Waals surface area (Å²) >= 11 is 0. The quantitative estimate of drug-likeness (QED) is 0.241. The van der Waals surface area contributed by atoms with E-state index in [1.165, 1.54) is 45.6 Å². The number of benzene rings is 1. The van der Waals surface area contributed by atoms with Gasteiger partial charge in [-0.15, -0.1) is 24.0 Å². The maximum absolute atomic E-state index is 11.2. The van der Waals surface area contributed by atoms with Crippen LogP contribution in [-0.2, 0) is 11.3 Å². The molecule has 1 aromatic rings. The van der Waals surface area contributed by atoms with Crippen LogP contribution >= 0.6 is 24.0 Å². The van der Waals surface area contributed by atoms with Crippen molar-refractivity contribution in [3.63, 3.8) is 0 Å². The highest BCUT2D eigenvalue weighted by molar-refractivity contribution is 14.0. The Bertz CT molecular complexity index is 557. The van der Waals surface area contributed by atoms with E-state index in [1.54, 1.807) is 7.05 Å². The van der Waals surface area contributed by atoms with Gasteiger partial charge in [-0.1, -0.05) is 37.8 Å². The predicted octanol–water partition coefficient (Wildman–Crippen LogP) is 4.12. The van der Waals surface area contributed by atoms with E-state index in [2.05, 4.69) is 25.7 Å². The Morgan fingerprint density at radius 2 is 1.88 bits per heavy atom. The van der Waals surface area contributed by atoms with Crippen LogP contribution in [0.2, 0.25) is 0 Å². The van der Waals surface area contributed by atoms with Crippen LogP contribution in [0.25, 0.3) is 0 Å². The van der Waals surface area contributed by atoms with Crippen LogP contribution in [0.1, 0.15) is 44.1 Å². The number of nitrogens with zero attached hydrogens (tertiary/aromatic N) is 1. The molecule has 0 radical (unpaired) electrons. The van der Waals surface area contributed by atoms with Crippen LogP contribution in [0, 0.1) is 5.92 Å². The molecule has 0 unspecified atom stereocenters. The first kappa shape index (κ1) is 22.5. The van der Waals surface area contributed by atoms with E-state index in [0.717, 1.165) is 24.0 Å². The highest BCUT2D eigenvalue weighted by atomic mass is 127. The maximum atomic E-state index is 11.2. The van der Waals surface area contributed by atoms with Gasteiger partial charge >= 0.3 is 6.09 Å². The van der Waals surface area contributed by atoms with Gasteiger partial charge in [-0.05, 0) is 36.5 Å². The zero-order valence-corrected chi connectivity index (χ0v) is 18.0. The smallest absolute Gasteiger partial charge is 0.411 e. The lowest BCUT2D eigenvalue weighted by molar-refractivity contribution is 0.187. The number of amides is 1. The summed E-state index contributed by atoms with van der Waals surface area (Å²) in [6, 6.07) is 7.63. The molecule has 0 aliphatic heterocycles. The summed E-state index contributed by atoms with van der Waals surface area (Å²) in [5, 5.41) is 9.32. The largest absolute Gasteiger partial charge is 0.453 e. The van der Waals surface area contributed by atoms with Crippen molar-refractivity contribution in [2.24, 2.45) is 10.9 Å². The Hall–Kier alpha value is -1.51. The molecule has 26 heavy (non-hydrogen) atoms. The standard InChI is InChI=1S/C19H30N4O2.HI/c1-20-18(21-13-5-8-15-6-3-4-7-15)22-14-16-9-11-17(12-10-16)23-19(24)25-2;/h9-12,15H,3-8,13-14H2,1-2H3,(H,23,24)(H2,20,21,22);1H. The third-order valence-corrected chi connectivity index (χ3v) is 4.63. The van der Waals surface area contributed by atoms with Gasteiger partial charge in [0.15, 0.2) is 5.96 Å². The minimum atomic E-state index is -0.465. The van der Waals surface area contributed by atoms with E-state index < -0.39 is 6.09 Å². The summed E-state index contributed by atoms with van der Waals surface area (Å²) in [6.07, 6.45) is 7.69. The molecule has 0 atom stereocenters. The molecule has 7 heteroatoms. The monoisotopic (exact) mass is 474 g/mol. The van der Waals surface area contributed by atoms with Crippen molar-refractivity contribution in [3.8, 4) is 0 Å². The highest BCUT2D eigenvalue weighted by Gasteiger charge is 2.13. The molecule has 1 aliphatic carbocycles. The average molecular weight is 474 g/mol. The molecule has 1 saturated carbocycles. The van der Waals surface area contributed by atoms with Crippen LogP contribution < -0.4 is 16.0 Å². The van der Waals surface area contributed by atoms with E-state index in [0.29, 0.717) is 12.2 Å². The van der Waals surface area contributed by atoms with E-state index in [-0.39, 0.29) is 24.0 Å². The van der Waals surface area contributed by atoms with Crippen molar-refractivity contribution in [2.45, 2.75) is 45.1 Å². The minimum Gasteiger partial charge on any atom is -0.453 e. The van der Waals surface area contributed by atoms with Crippen molar-refractivity contribution >= 4 is 41.7 Å². The first-order valence-electron chi connectivity index (χ1n) is 9.09. The number of halogens is 1. The molecular formula is C19H31IN4O2. The Balaban J connectivity index is 0.00000338. The number of aliphatic imine (C=N–C) groups is 1. The predicted molar refractivity (Wildman–Crippen MR) is 117 cm³/mol. The van der Waals surface area contributed by atoms with Gasteiger partial charge in [-0.3, -0.25) is 10.3 Å². The second kappa shape index (κ2) is 12.8. The fourth-order valence-corrected chi connectivity index (χ4v) is 3.18. The number of rotatable bonds is 7. The molecular weight excluding hydrogens is 443 g/mol. The number of ether oxygens (including phenoxy) is 1. The minimum absolute atomic E-state index is 0. The first-order chi connectivity index (χ1) is 12.2. The number of anilines is 1. The number of guanidine groups is 1. The molecule has 1 aliphatic rings. The fourth-order valence-electron chi connectivity index (χ4n) is 3.18. The molecule has 1 fully saturated rings. The Kier molecular flexibility index (Phi) is 11.1. The van der Waals surface area contributed by atoms with Gasteiger partial charge in [0.05, 0.1) is 7.11 Å². The molecule has 0 bridgehead atoms. The molecule has 0 aromatic heterocycles. The number of hydrogen-bond acceptors (Lipinski definition) is 3. The summed E-state index contributed by atoms with van der Waals surface area (Å²) in [6.45, 7) is 1.64. The van der Waals surface area contributed by atoms with E-state index >= 15 is 0 Å². The van der Waals surface area contributed by atoms with E-state index in [1.807, 2.05) is 24.3 Å². The summed E-state index contributed by atoms with van der Waals surface area (Å²) in [5.74, 6) is 1.76. The summed E-state index contributed by atoms with van der Waals surface area (Å²) < 4.78 is 4.57. The second-order valence-electron chi connectivity index (χ2n) is 6.46. The van der Waals surface area contributed by atoms with Gasteiger partial charge in [-0.2, -0.15) is 0 Å². The topological polar surface area (TPSA) is 74.8 Å². The Morgan fingerprint density at radius 1 is 1.19 bits per heavy atom. The molecule has 146 valence electrons. The lowest BCUT2D eigenvalue weighted by atomic mass is 10.0. The van der Waals surface area contributed by atoms with Crippen LogP contribution in [0.4, 0.5) is 10.5 Å². The Morgan fingerprint density at radius 3 is 2.50 bits per heavy atom. The van der Waals surface area contributed by atoms with Gasteiger partial charge in [0.2, 0.25) is 0 Å². The SMILES string of the molecule is CN=C(NCCCC1CCCC1)NCc1ccc(NC(=O)OC)cc1.I. The highest BCUT2D eigenvalue weighted by Crippen LogP contribution is 2.28. The lowest BCUT2D eigenvalue weighted by Crippen LogP contribution is -2.37. The zero-order valence-electron chi connectivity index (χ0n) is 15.7. The van der Waals surface area contributed by atoms with Crippen molar-refractivity contribution in [2.75, 3.05) is 26.0 Å². The number of methoxy groups -OCH3 is 1. The van der Waals surface area contributed by atoms with Gasteiger partial charge in [0.25, 0.3) is 0 Å². The number of nitrogens with one attached hydrogen (secondary N) is 3. The fraction of sp³-hybridized carbons (Fsp3) is 0.579. The third-order valence-electron chi connectivity index (χ3n) is 4.63. The van der Waals surface area contributed by atoms with Crippen LogP contribution in [-0.4, -0.2) is 32.8 Å². The van der Waals surface area contributed by atoms with Crippen LogP contribution in [0.5, 0.6) is 0 Å². The normalized spacial score (nSPS) is 14.5. The summed E-state index contributed by atoms with van der Waals surface area (Å²) in [4.78, 5) is 15.4. The van der Waals surface area contributed by atoms with Crippen LogP contribution in [0.15, 0.2) is 29.3 Å². The summed E-state index contributed by atoms with van der Waals surface area (Å²) in [5.41, 5.74) is 1.83. The average Bonchev–Trinajstić information content (AvgIpc) is 3.15.